The Morgan fingerprint density at radius 2 is 2.03 bits per heavy atom. The highest BCUT2D eigenvalue weighted by atomic mass is 79.9. The molecule has 10 heteroatoms. The molecule has 0 bridgehead atoms. The first-order valence-electron chi connectivity index (χ1n) is 9.30. The molecular formula is C21H19Br2N3O5. The molecule has 0 aliphatic carbocycles. The second-order valence-electron chi connectivity index (χ2n) is 6.53. The van der Waals surface area contributed by atoms with E-state index in [1.807, 2.05) is 13.0 Å². The summed E-state index contributed by atoms with van der Waals surface area (Å²) in [5.74, 6) is -0.00167. The Hall–Kier alpha value is -2.72. The van der Waals surface area contributed by atoms with Gasteiger partial charge in [-0.3, -0.25) is 4.79 Å². The van der Waals surface area contributed by atoms with Gasteiger partial charge in [-0.1, -0.05) is 15.9 Å². The van der Waals surface area contributed by atoms with Crippen molar-refractivity contribution in [3.63, 3.8) is 0 Å². The smallest absolute Gasteiger partial charge is 0.344 e. The van der Waals surface area contributed by atoms with E-state index in [0.29, 0.717) is 39.1 Å². The molecule has 0 aliphatic heterocycles. The molecule has 1 heterocycles. The Labute approximate surface area is 194 Å². The molecule has 3 aromatic rings. The molecule has 0 amide bonds. The largest absolute Gasteiger partial charge is 0.490 e. The highest BCUT2D eigenvalue weighted by Crippen LogP contribution is 2.34. The lowest BCUT2D eigenvalue weighted by Crippen LogP contribution is -2.23. The van der Waals surface area contributed by atoms with Crippen molar-refractivity contribution in [3.8, 4) is 11.5 Å². The zero-order chi connectivity index (χ0) is 22.7. The highest BCUT2D eigenvalue weighted by molar-refractivity contribution is 9.10. The van der Waals surface area contributed by atoms with Crippen LogP contribution < -0.4 is 15.0 Å². The van der Waals surface area contributed by atoms with Gasteiger partial charge in [-0.2, -0.15) is 9.78 Å². The molecule has 0 aliphatic rings. The topological polar surface area (TPSA) is 103 Å². The number of ether oxygens (including phenoxy) is 2. The second-order valence-corrected chi connectivity index (χ2v) is 8.30. The standard InChI is InChI=1S/C21H19Br2N3O5/c1-4-30-18-7-13(16(23)9-19(18)31-11(2)21(28)29)10-24-26-12(3)25-17-6-5-14(22)8-15(17)20(26)27/h5-11H,4H2,1-3H3,(H,28,29)/t11-/m0/s1. The third-order valence-corrected chi connectivity index (χ3v) is 5.48. The van der Waals surface area contributed by atoms with E-state index in [1.165, 1.54) is 17.8 Å². The molecule has 1 atom stereocenters. The number of carbonyl (C=O) groups is 1. The van der Waals surface area contributed by atoms with E-state index in [1.54, 1.807) is 31.2 Å². The minimum atomic E-state index is -1.09. The number of aliphatic carboxylic acids is 1. The summed E-state index contributed by atoms with van der Waals surface area (Å²) in [5, 5.41) is 13.9. The number of rotatable bonds is 7. The van der Waals surface area contributed by atoms with Crippen molar-refractivity contribution in [1.29, 1.82) is 0 Å². The van der Waals surface area contributed by atoms with Crippen LogP contribution in [0.15, 0.2) is 49.2 Å². The van der Waals surface area contributed by atoms with Crippen LogP contribution in [-0.2, 0) is 4.79 Å². The summed E-state index contributed by atoms with van der Waals surface area (Å²) in [6, 6.07) is 8.56. The Morgan fingerprint density at radius 1 is 1.29 bits per heavy atom. The van der Waals surface area contributed by atoms with Crippen LogP contribution in [0, 0.1) is 6.92 Å². The van der Waals surface area contributed by atoms with Gasteiger partial charge in [0.1, 0.15) is 5.82 Å². The molecular weight excluding hydrogens is 534 g/mol. The molecule has 0 saturated heterocycles. The Morgan fingerprint density at radius 3 is 2.71 bits per heavy atom. The fraction of sp³-hybridized carbons (Fsp3) is 0.238. The van der Waals surface area contributed by atoms with Crippen molar-refractivity contribution in [1.82, 2.24) is 9.66 Å². The number of fused-ring (bicyclic) bond motifs is 1. The van der Waals surface area contributed by atoms with Crippen LogP contribution in [0.2, 0.25) is 0 Å². The first kappa shape index (κ1) is 23.0. The average molecular weight is 553 g/mol. The van der Waals surface area contributed by atoms with Gasteiger partial charge in [0.05, 0.1) is 23.7 Å². The van der Waals surface area contributed by atoms with Crippen LogP contribution in [-0.4, -0.2) is 39.7 Å². The van der Waals surface area contributed by atoms with Gasteiger partial charge >= 0.3 is 5.97 Å². The van der Waals surface area contributed by atoms with Crippen LogP contribution >= 0.6 is 31.9 Å². The van der Waals surface area contributed by atoms with E-state index in [9.17, 15) is 9.59 Å². The van der Waals surface area contributed by atoms with E-state index in [4.69, 9.17) is 14.6 Å². The quantitative estimate of drug-likeness (QED) is 0.437. The Bertz CT molecular complexity index is 1240. The van der Waals surface area contributed by atoms with E-state index < -0.39 is 12.1 Å². The van der Waals surface area contributed by atoms with Gasteiger partial charge in [0.25, 0.3) is 5.56 Å². The number of carboxylic acids is 1. The zero-order valence-corrected chi connectivity index (χ0v) is 20.1. The first-order chi connectivity index (χ1) is 14.7. The number of aryl methyl sites for hydroxylation is 1. The Balaban J connectivity index is 2.03. The summed E-state index contributed by atoms with van der Waals surface area (Å²) in [4.78, 5) is 28.5. The van der Waals surface area contributed by atoms with Crippen molar-refractivity contribution in [3.05, 3.63) is 61.0 Å². The lowest BCUT2D eigenvalue weighted by molar-refractivity contribution is -0.144. The lowest BCUT2D eigenvalue weighted by atomic mass is 10.2. The zero-order valence-electron chi connectivity index (χ0n) is 16.9. The summed E-state index contributed by atoms with van der Waals surface area (Å²) < 4.78 is 13.7. The minimum absolute atomic E-state index is 0.284. The number of nitrogens with zero attached hydrogens (tertiary/aromatic N) is 3. The van der Waals surface area contributed by atoms with Gasteiger partial charge in [-0.15, -0.1) is 0 Å². The number of aromatic nitrogens is 2. The van der Waals surface area contributed by atoms with Crippen LogP contribution in [0.25, 0.3) is 10.9 Å². The number of hydrogen-bond donors (Lipinski definition) is 1. The SMILES string of the molecule is CCOc1cc(C=Nn2c(C)nc3ccc(Br)cc3c2=O)c(Br)cc1O[C@@H](C)C(=O)O. The second kappa shape index (κ2) is 9.61. The summed E-state index contributed by atoms with van der Waals surface area (Å²) in [6.07, 6.45) is 0.450. The summed E-state index contributed by atoms with van der Waals surface area (Å²) in [7, 11) is 0. The Kier molecular flexibility index (Phi) is 7.11. The fourth-order valence-corrected chi connectivity index (χ4v) is 3.55. The van der Waals surface area contributed by atoms with E-state index in [2.05, 4.69) is 41.9 Å². The number of hydrogen-bond acceptors (Lipinski definition) is 6. The maximum absolute atomic E-state index is 12.9. The maximum atomic E-state index is 12.9. The number of carboxylic acid groups (broad SMARTS) is 1. The van der Waals surface area contributed by atoms with Crippen LogP contribution in [0.5, 0.6) is 11.5 Å². The molecule has 31 heavy (non-hydrogen) atoms. The van der Waals surface area contributed by atoms with Crippen molar-refractivity contribution < 1.29 is 19.4 Å². The molecule has 0 radical (unpaired) electrons. The average Bonchev–Trinajstić information content (AvgIpc) is 2.71. The number of halogens is 2. The molecule has 1 N–H and O–H groups in total. The van der Waals surface area contributed by atoms with Gasteiger partial charge in [-0.25, -0.2) is 9.78 Å². The molecule has 0 fully saturated rings. The lowest BCUT2D eigenvalue weighted by Gasteiger charge is -2.16. The monoisotopic (exact) mass is 551 g/mol. The molecule has 2 aromatic carbocycles. The van der Waals surface area contributed by atoms with Crippen LogP contribution in [0.3, 0.4) is 0 Å². The van der Waals surface area contributed by atoms with Crippen molar-refractivity contribution in [2.45, 2.75) is 26.9 Å². The molecule has 162 valence electrons. The van der Waals surface area contributed by atoms with E-state index >= 15 is 0 Å². The molecule has 0 saturated carbocycles. The van der Waals surface area contributed by atoms with E-state index in [0.717, 1.165) is 4.47 Å². The normalized spacial score (nSPS) is 12.3. The van der Waals surface area contributed by atoms with Gasteiger partial charge in [0, 0.05) is 14.5 Å². The van der Waals surface area contributed by atoms with Crippen molar-refractivity contribution in [2.24, 2.45) is 5.10 Å². The third kappa shape index (κ3) is 5.13. The molecule has 0 unspecified atom stereocenters. The predicted molar refractivity (Wildman–Crippen MR) is 124 cm³/mol. The van der Waals surface area contributed by atoms with Crippen LogP contribution in [0.4, 0.5) is 0 Å². The molecule has 8 nitrogen and oxygen atoms in total. The summed E-state index contributed by atoms with van der Waals surface area (Å²) in [5.41, 5.74) is 0.905. The molecule has 3 rings (SSSR count). The maximum Gasteiger partial charge on any atom is 0.344 e. The molecule has 1 aromatic heterocycles. The van der Waals surface area contributed by atoms with Crippen molar-refractivity contribution in [2.75, 3.05) is 6.61 Å². The summed E-state index contributed by atoms with van der Waals surface area (Å²) >= 11 is 6.80. The highest BCUT2D eigenvalue weighted by Gasteiger charge is 2.17. The van der Waals surface area contributed by atoms with Crippen LogP contribution in [0.1, 0.15) is 25.2 Å². The number of benzene rings is 2. The van der Waals surface area contributed by atoms with Crippen molar-refractivity contribution >= 4 is 54.9 Å². The van der Waals surface area contributed by atoms with Gasteiger partial charge in [-0.05, 0) is 67.0 Å². The third-order valence-electron chi connectivity index (χ3n) is 4.30. The first-order valence-corrected chi connectivity index (χ1v) is 10.9. The van der Waals surface area contributed by atoms with Gasteiger partial charge < -0.3 is 14.6 Å². The van der Waals surface area contributed by atoms with Gasteiger partial charge in [0.2, 0.25) is 0 Å². The predicted octanol–water partition coefficient (Wildman–Crippen LogP) is 4.36. The molecule has 0 spiro atoms. The summed E-state index contributed by atoms with van der Waals surface area (Å²) in [6.45, 7) is 5.30. The van der Waals surface area contributed by atoms with E-state index in [-0.39, 0.29) is 11.3 Å². The fourth-order valence-electron chi connectivity index (χ4n) is 2.77. The van der Waals surface area contributed by atoms with Gasteiger partial charge in [0.15, 0.2) is 17.6 Å². The minimum Gasteiger partial charge on any atom is -0.490 e.